The number of fused-ring (bicyclic) bond motifs is 1. The van der Waals surface area contributed by atoms with Crippen LogP contribution in [0.3, 0.4) is 0 Å². The Morgan fingerprint density at radius 1 is 0.739 bits per heavy atom. The van der Waals surface area contributed by atoms with Gasteiger partial charge in [-0.3, -0.25) is 0 Å². The molecule has 23 heavy (non-hydrogen) atoms. The Bertz CT molecular complexity index is 967. The summed E-state index contributed by atoms with van der Waals surface area (Å²) in [5.74, 6) is 0. The molecule has 0 saturated carbocycles. The van der Waals surface area contributed by atoms with Gasteiger partial charge < -0.3 is 0 Å². The van der Waals surface area contributed by atoms with Crippen LogP contribution < -0.4 is 0 Å². The fraction of sp³-hybridized carbons (Fsp3) is 0. The highest BCUT2D eigenvalue weighted by molar-refractivity contribution is 9.10. The van der Waals surface area contributed by atoms with Crippen molar-refractivity contribution >= 4 is 27.0 Å². The van der Waals surface area contributed by atoms with Crippen molar-refractivity contribution in [3.63, 3.8) is 0 Å². The van der Waals surface area contributed by atoms with E-state index < -0.39 is 0 Å². The molecule has 4 rings (SSSR count). The second kappa shape index (κ2) is 5.94. The van der Waals surface area contributed by atoms with Gasteiger partial charge in [0.25, 0.3) is 0 Å². The van der Waals surface area contributed by atoms with Crippen LogP contribution in [0.1, 0.15) is 0 Å². The number of hydrogen-bond donors (Lipinski definition) is 0. The normalized spacial score (nSPS) is 10.8. The summed E-state index contributed by atoms with van der Waals surface area (Å²) in [6.45, 7) is 0. The Morgan fingerprint density at radius 3 is 2.09 bits per heavy atom. The topological polar surface area (TPSA) is 25.8 Å². The van der Waals surface area contributed by atoms with Gasteiger partial charge in [-0.05, 0) is 33.6 Å². The van der Waals surface area contributed by atoms with Crippen LogP contribution in [0.2, 0.25) is 0 Å². The summed E-state index contributed by atoms with van der Waals surface area (Å²) in [6.07, 6.45) is 1.78. The van der Waals surface area contributed by atoms with Crippen molar-refractivity contribution in [1.82, 2.24) is 9.97 Å². The van der Waals surface area contributed by atoms with Crippen molar-refractivity contribution in [3.8, 4) is 22.4 Å². The summed E-state index contributed by atoms with van der Waals surface area (Å²) < 4.78 is 0.957. The molecular weight excluding hydrogens is 348 g/mol. The molecule has 4 aromatic rings. The fourth-order valence-electron chi connectivity index (χ4n) is 2.69. The van der Waals surface area contributed by atoms with Gasteiger partial charge in [-0.1, -0.05) is 60.7 Å². The maximum absolute atomic E-state index is 4.83. The van der Waals surface area contributed by atoms with Crippen LogP contribution in [0.5, 0.6) is 0 Å². The highest BCUT2D eigenvalue weighted by Crippen LogP contribution is 2.33. The van der Waals surface area contributed by atoms with Gasteiger partial charge in [0.15, 0.2) is 5.65 Å². The maximum atomic E-state index is 4.83. The van der Waals surface area contributed by atoms with Gasteiger partial charge in [-0.15, -0.1) is 0 Å². The molecule has 0 atom stereocenters. The largest absolute Gasteiger partial charge is 0.235 e. The zero-order chi connectivity index (χ0) is 15.6. The molecule has 0 saturated heterocycles. The lowest BCUT2D eigenvalue weighted by Crippen LogP contribution is -1.93. The van der Waals surface area contributed by atoms with Crippen LogP contribution in [0, 0.1) is 0 Å². The fourth-order valence-corrected chi connectivity index (χ4v) is 3.04. The first-order valence-corrected chi connectivity index (χ1v) is 8.18. The smallest absolute Gasteiger partial charge is 0.159 e. The number of aromatic nitrogens is 2. The van der Waals surface area contributed by atoms with E-state index in [4.69, 9.17) is 4.98 Å². The first-order valence-electron chi connectivity index (χ1n) is 7.38. The second-order valence-corrected chi connectivity index (χ2v) is 6.23. The Kier molecular flexibility index (Phi) is 3.64. The molecule has 0 amide bonds. The molecule has 0 spiro atoms. The highest BCUT2D eigenvalue weighted by atomic mass is 79.9. The molecule has 0 unspecified atom stereocenters. The third kappa shape index (κ3) is 2.76. The molecule has 0 radical (unpaired) electrons. The Balaban J connectivity index is 2.04. The second-order valence-electron chi connectivity index (χ2n) is 5.32. The van der Waals surface area contributed by atoms with E-state index in [0.717, 1.165) is 37.9 Å². The first-order chi connectivity index (χ1) is 11.3. The SMILES string of the molecule is Brc1cnc2nc(-c3ccccc3)c(-c3ccccc3)cc2c1. The van der Waals surface area contributed by atoms with Gasteiger partial charge >= 0.3 is 0 Å². The molecule has 2 heterocycles. The number of nitrogens with zero attached hydrogens (tertiary/aromatic N) is 2. The molecule has 2 aromatic heterocycles. The van der Waals surface area contributed by atoms with E-state index in [1.54, 1.807) is 6.20 Å². The van der Waals surface area contributed by atoms with Crippen molar-refractivity contribution in [2.24, 2.45) is 0 Å². The molecular formula is C20H13BrN2. The first kappa shape index (κ1) is 14.1. The van der Waals surface area contributed by atoms with Crippen molar-refractivity contribution in [2.75, 3.05) is 0 Å². The van der Waals surface area contributed by atoms with E-state index in [-0.39, 0.29) is 0 Å². The van der Waals surface area contributed by atoms with E-state index in [9.17, 15) is 0 Å². The van der Waals surface area contributed by atoms with E-state index >= 15 is 0 Å². The minimum absolute atomic E-state index is 0.756. The summed E-state index contributed by atoms with van der Waals surface area (Å²) in [5.41, 5.74) is 5.08. The summed E-state index contributed by atoms with van der Waals surface area (Å²) in [5, 5.41) is 1.03. The zero-order valence-corrected chi connectivity index (χ0v) is 13.9. The Morgan fingerprint density at radius 2 is 1.39 bits per heavy atom. The summed E-state index contributed by atoms with van der Waals surface area (Å²) >= 11 is 3.49. The van der Waals surface area contributed by atoms with Crippen LogP contribution in [-0.2, 0) is 0 Å². The molecule has 0 bridgehead atoms. The number of pyridine rings is 2. The minimum atomic E-state index is 0.756. The van der Waals surface area contributed by atoms with Crippen LogP contribution in [0.25, 0.3) is 33.4 Å². The predicted octanol–water partition coefficient (Wildman–Crippen LogP) is 5.73. The average Bonchev–Trinajstić information content (AvgIpc) is 2.62. The number of halogens is 1. The Labute approximate surface area is 143 Å². The monoisotopic (exact) mass is 360 g/mol. The summed E-state index contributed by atoms with van der Waals surface area (Å²) in [4.78, 5) is 9.27. The van der Waals surface area contributed by atoms with Crippen molar-refractivity contribution in [2.45, 2.75) is 0 Å². The standard InChI is InChI=1S/C20H13BrN2/c21-17-11-16-12-18(14-7-3-1-4-8-14)19(23-20(16)22-13-17)15-9-5-2-6-10-15/h1-13H. The molecule has 0 aliphatic rings. The third-order valence-electron chi connectivity index (χ3n) is 3.77. The molecule has 3 heteroatoms. The lowest BCUT2D eigenvalue weighted by molar-refractivity contribution is 1.28. The maximum Gasteiger partial charge on any atom is 0.159 e. The zero-order valence-electron chi connectivity index (χ0n) is 12.3. The predicted molar refractivity (Wildman–Crippen MR) is 98.1 cm³/mol. The number of benzene rings is 2. The quantitative estimate of drug-likeness (QED) is 0.456. The van der Waals surface area contributed by atoms with E-state index in [1.165, 1.54) is 0 Å². The van der Waals surface area contributed by atoms with Gasteiger partial charge in [0.1, 0.15) is 0 Å². The lowest BCUT2D eigenvalue weighted by Gasteiger charge is -2.11. The summed E-state index contributed by atoms with van der Waals surface area (Å²) in [6, 6.07) is 24.8. The molecule has 0 aliphatic carbocycles. The molecule has 2 aromatic carbocycles. The van der Waals surface area contributed by atoms with Crippen LogP contribution in [0.15, 0.2) is 83.5 Å². The number of hydrogen-bond acceptors (Lipinski definition) is 2. The van der Waals surface area contributed by atoms with Gasteiger partial charge in [0.2, 0.25) is 0 Å². The van der Waals surface area contributed by atoms with Crippen LogP contribution in [0.4, 0.5) is 0 Å². The minimum Gasteiger partial charge on any atom is -0.235 e. The van der Waals surface area contributed by atoms with Crippen molar-refractivity contribution in [3.05, 3.63) is 83.5 Å². The van der Waals surface area contributed by atoms with Gasteiger partial charge in [-0.2, -0.15) is 0 Å². The Hall–Kier alpha value is -2.52. The molecule has 0 aliphatic heterocycles. The summed E-state index contributed by atoms with van der Waals surface area (Å²) in [7, 11) is 0. The molecule has 0 fully saturated rings. The van der Waals surface area contributed by atoms with Gasteiger partial charge in [0, 0.05) is 27.2 Å². The van der Waals surface area contributed by atoms with E-state index in [2.05, 4.69) is 57.3 Å². The molecule has 0 N–H and O–H groups in total. The van der Waals surface area contributed by atoms with Crippen molar-refractivity contribution < 1.29 is 0 Å². The van der Waals surface area contributed by atoms with Crippen LogP contribution >= 0.6 is 15.9 Å². The lowest BCUT2D eigenvalue weighted by atomic mass is 9.98. The highest BCUT2D eigenvalue weighted by Gasteiger charge is 2.11. The molecule has 110 valence electrons. The average molecular weight is 361 g/mol. The number of rotatable bonds is 2. The van der Waals surface area contributed by atoms with E-state index in [0.29, 0.717) is 0 Å². The van der Waals surface area contributed by atoms with Gasteiger partial charge in [0.05, 0.1) is 5.69 Å². The van der Waals surface area contributed by atoms with Crippen molar-refractivity contribution in [1.29, 1.82) is 0 Å². The van der Waals surface area contributed by atoms with Crippen LogP contribution in [-0.4, -0.2) is 9.97 Å². The van der Waals surface area contributed by atoms with E-state index in [1.807, 2.05) is 36.4 Å². The molecule has 2 nitrogen and oxygen atoms in total. The third-order valence-corrected chi connectivity index (χ3v) is 4.20. The van der Waals surface area contributed by atoms with Gasteiger partial charge in [-0.25, -0.2) is 9.97 Å².